The zero-order valence-corrected chi connectivity index (χ0v) is 20.3. The largest absolute Gasteiger partial charge is 0.503 e. The first-order chi connectivity index (χ1) is 16.3. The molecule has 1 unspecified atom stereocenters. The summed E-state index contributed by atoms with van der Waals surface area (Å²) < 4.78 is 10.9. The van der Waals surface area contributed by atoms with Crippen molar-refractivity contribution >= 4 is 28.7 Å². The summed E-state index contributed by atoms with van der Waals surface area (Å²) in [6, 6.07) is 13.4. The van der Waals surface area contributed by atoms with Gasteiger partial charge in [0, 0.05) is 5.69 Å². The van der Waals surface area contributed by atoms with Crippen molar-refractivity contribution in [3.8, 4) is 11.5 Å². The predicted molar refractivity (Wildman–Crippen MR) is 131 cm³/mol. The Morgan fingerprint density at radius 3 is 2.29 bits per heavy atom. The summed E-state index contributed by atoms with van der Waals surface area (Å²) >= 11 is 1.25. The number of amides is 1. The second kappa shape index (κ2) is 9.69. The molecule has 0 saturated carbocycles. The van der Waals surface area contributed by atoms with Crippen molar-refractivity contribution in [2.75, 3.05) is 18.6 Å². The number of Topliss-reactive ketones (excluding diaryl/α,β-unsaturated/α-hetero) is 1. The van der Waals surface area contributed by atoms with Crippen LogP contribution in [0.15, 0.2) is 59.9 Å². The second-order valence-electron chi connectivity index (χ2n) is 7.93. The molecule has 0 saturated heterocycles. The number of benzene rings is 2. The average Bonchev–Trinajstić information content (AvgIpc) is 3.32. The molecule has 0 aliphatic carbocycles. The number of ether oxygens (including phenoxy) is 2. The van der Waals surface area contributed by atoms with Crippen LogP contribution in [-0.4, -0.2) is 35.5 Å². The van der Waals surface area contributed by atoms with E-state index in [0.29, 0.717) is 39.9 Å². The van der Waals surface area contributed by atoms with E-state index in [-0.39, 0.29) is 5.57 Å². The van der Waals surface area contributed by atoms with Crippen LogP contribution in [0.3, 0.4) is 0 Å². The number of rotatable bonds is 8. The van der Waals surface area contributed by atoms with Crippen molar-refractivity contribution in [1.29, 1.82) is 0 Å². The highest BCUT2D eigenvalue weighted by molar-refractivity contribution is 7.14. The van der Waals surface area contributed by atoms with Gasteiger partial charge in [0.15, 0.2) is 5.76 Å². The molecule has 0 radical (unpaired) electrons. The number of nitrogens with zero attached hydrogens (tertiary/aromatic N) is 2. The van der Waals surface area contributed by atoms with Crippen LogP contribution >= 0.6 is 11.3 Å². The van der Waals surface area contributed by atoms with Crippen molar-refractivity contribution in [2.45, 2.75) is 33.2 Å². The van der Waals surface area contributed by atoms with E-state index >= 15 is 0 Å². The van der Waals surface area contributed by atoms with Gasteiger partial charge >= 0.3 is 0 Å². The predicted octanol–water partition coefficient (Wildman–Crippen LogP) is 5.34. The molecule has 7 nitrogen and oxygen atoms in total. The minimum Gasteiger partial charge on any atom is -0.503 e. The van der Waals surface area contributed by atoms with Gasteiger partial charge in [0.05, 0.1) is 40.9 Å². The number of carbonyl (C=O) groups is 2. The summed E-state index contributed by atoms with van der Waals surface area (Å²) in [7, 11) is 1.56. The fraction of sp³-hybridized carbons (Fsp3) is 0.269. The molecule has 2 aromatic carbocycles. The maximum atomic E-state index is 13.6. The zero-order chi connectivity index (χ0) is 24.4. The third-order valence-corrected chi connectivity index (χ3v) is 6.65. The molecule has 1 atom stereocenters. The molecule has 1 aliphatic heterocycles. The maximum absolute atomic E-state index is 13.6. The van der Waals surface area contributed by atoms with E-state index in [1.54, 1.807) is 50.4 Å². The van der Waals surface area contributed by atoms with Gasteiger partial charge in [-0.2, -0.15) is 0 Å². The molecule has 0 bridgehead atoms. The fourth-order valence-corrected chi connectivity index (χ4v) is 4.87. The Kier molecular flexibility index (Phi) is 6.70. The summed E-state index contributed by atoms with van der Waals surface area (Å²) in [6.45, 7) is 6.19. The van der Waals surface area contributed by atoms with E-state index in [9.17, 15) is 14.7 Å². The average molecular weight is 479 g/mol. The second-order valence-corrected chi connectivity index (χ2v) is 9.14. The number of aryl methyl sites for hydroxylation is 2. The molecule has 176 valence electrons. The summed E-state index contributed by atoms with van der Waals surface area (Å²) in [5.41, 5.74) is 1.83. The molecule has 1 amide bonds. The molecule has 1 aliphatic rings. The molecule has 0 fully saturated rings. The van der Waals surface area contributed by atoms with Gasteiger partial charge in [-0.1, -0.05) is 19.1 Å². The van der Waals surface area contributed by atoms with Crippen molar-refractivity contribution in [2.24, 2.45) is 0 Å². The van der Waals surface area contributed by atoms with E-state index in [1.165, 1.54) is 16.2 Å². The van der Waals surface area contributed by atoms with Gasteiger partial charge in [0.1, 0.15) is 11.5 Å². The highest BCUT2D eigenvalue weighted by Crippen LogP contribution is 2.43. The first kappa shape index (κ1) is 23.5. The summed E-state index contributed by atoms with van der Waals surface area (Å²) in [4.78, 5) is 33.1. The lowest BCUT2D eigenvalue weighted by atomic mass is 9.94. The van der Waals surface area contributed by atoms with Crippen LogP contribution in [0.4, 0.5) is 5.69 Å². The topological polar surface area (TPSA) is 89.0 Å². The molecule has 0 spiro atoms. The van der Waals surface area contributed by atoms with Gasteiger partial charge in [-0.05, 0) is 62.2 Å². The molecular formula is C26H26N2O5S. The Balaban J connectivity index is 1.81. The first-order valence-electron chi connectivity index (χ1n) is 11.0. The SMILES string of the molecule is CCCOc1ccc(C2C(C(=O)c3sc(C)nc3C)=C(O)C(=O)N2c2ccc(OC)cc2)cc1. The third-order valence-electron chi connectivity index (χ3n) is 5.58. The molecule has 8 heteroatoms. The van der Waals surface area contributed by atoms with E-state index in [4.69, 9.17) is 9.47 Å². The van der Waals surface area contributed by atoms with E-state index in [0.717, 1.165) is 11.4 Å². The maximum Gasteiger partial charge on any atom is 0.294 e. The molecule has 3 aromatic rings. The Hall–Kier alpha value is -3.65. The summed E-state index contributed by atoms with van der Waals surface area (Å²) in [6.07, 6.45) is 0.882. The van der Waals surface area contributed by atoms with Gasteiger partial charge in [0.25, 0.3) is 5.91 Å². The van der Waals surface area contributed by atoms with Gasteiger partial charge in [0.2, 0.25) is 5.78 Å². The van der Waals surface area contributed by atoms with Gasteiger partial charge in [-0.25, -0.2) is 4.98 Å². The Morgan fingerprint density at radius 1 is 1.09 bits per heavy atom. The molecule has 2 heterocycles. The van der Waals surface area contributed by atoms with Crippen LogP contribution < -0.4 is 14.4 Å². The smallest absolute Gasteiger partial charge is 0.294 e. The number of aliphatic hydroxyl groups excluding tert-OH is 1. The number of hydrogen-bond acceptors (Lipinski definition) is 7. The summed E-state index contributed by atoms with van der Waals surface area (Å²) in [5, 5.41) is 11.7. The quantitative estimate of drug-likeness (QED) is 0.440. The molecule has 1 aromatic heterocycles. The summed E-state index contributed by atoms with van der Waals surface area (Å²) in [5.74, 6) is -0.262. The number of ketones is 1. The number of hydrogen-bond donors (Lipinski definition) is 1. The normalized spacial score (nSPS) is 15.7. The number of methoxy groups -OCH3 is 1. The minimum atomic E-state index is -0.810. The molecule has 34 heavy (non-hydrogen) atoms. The van der Waals surface area contributed by atoms with Crippen molar-refractivity contribution < 1.29 is 24.2 Å². The van der Waals surface area contributed by atoms with Crippen LogP contribution in [0.2, 0.25) is 0 Å². The van der Waals surface area contributed by atoms with Gasteiger partial charge < -0.3 is 14.6 Å². The van der Waals surface area contributed by atoms with Gasteiger partial charge in [-0.15, -0.1) is 11.3 Å². The number of anilines is 1. The van der Waals surface area contributed by atoms with Crippen LogP contribution in [-0.2, 0) is 4.79 Å². The van der Waals surface area contributed by atoms with Crippen LogP contribution in [0.5, 0.6) is 11.5 Å². The van der Waals surface area contributed by atoms with Crippen molar-refractivity contribution in [1.82, 2.24) is 4.98 Å². The monoisotopic (exact) mass is 478 g/mol. The Morgan fingerprint density at radius 2 is 1.74 bits per heavy atom. The van der Waals surface area contributed by atoms with Gasteiger partial charge in [-0.3, -0.25) is 14.5 Å². The van der Waals surface area contributed by atoms with E-state index < -0.39 is 23.5 Å². The lowest BCUT2D eigenvalue weighted by Gasteiger charge is -2.27. The van der Waals surface area contributed by atoms with Crippen molar-refractivity contribution in [3.63, 3.8) is 0 Å². The molecule has 4 rings (SSSR count). The Bertz CT molecular complexity index is 1250. The van der Waals surface area contributed by atoms with Crippen LogP contribution in [0.1, 0.15) is 45.3 Å². The number of aliphatic hydroxyl groups is 1. The van der Waals surface area contributed by atoms with E-state index in [1.807, 2.05) is 26.0 Å². The fourth-order valence-electron chi connectivity index (χ4n) is 3.99. The minimum absolute atomic E-state index is 0.0368. The number of thiazole rings is 1. The number of carbonyl (C=O) groups excluding carboxylic acids is 2. The lowest BCUT2D eigenvalue weighted by Crippen LogP contribution is -2.31. The van der Waals surface area contributed by atoms with Crippen LogP contribution in [0.25, 0.3) is 0 Å². The zero-order valence-electron chi connectivity index (χ0n) is 19.5. The van der Waals surface area contributed by atoms with Crippen molar-refractivity contribution in [3.05, 3.63) is 81.0 Å². The highest BCUT2D eigenvalue weighted by Gasteiger charge is 2.45. The van der Waals surface area contributed by atoms with E-state index in [2.05, 4.69) is 4.98 Å². The first-order valence-corrected chi connectivity index (χ1v) is 11.8. The number of aromatic nitrogens is 1. The molecule has 1 N–H and O–H groups in total. The lowest BCUT2D eigenvalue weighted by molar-refractivity contribution is -0.117. The third kappa shape index (κ3) is 4.28. The Labute approximate surface area is 202 Å². The molecular weight excluding hydrogens is 452 g/mol. The standard InChI is InChI=1S/C26H26N2O5S/c1-5-14-33-20-10-6-17(7-11-20)22-21(23(29)25-15(2)27-16(3)34-25)24(30)26(31)28(22)18-8-12-19(32-4)13-9-18/h6-13,22,30H,5,14H2,1-4H3. The van der Waals surface area contributed by atoms with Crippen LogP contribution in [0, 0.1) is 13.8 Å². The highest BCUT2D eigenvalue weighted by atomic mass is 32.1.